The lowest BCUT2D eigenvalue weighted by Gasteiger charge is -2.09. The van der Waals surface area contributed by atoms with E-state index in [1.165, 1.54) is 12.1 Å². The van der Waals surface area contributed by atoms with E-state index in [1.54, 1.807) is 25.2 Å². The van der Waals surface area contributed by atoms with Crippen LogP contribution >= 0.6 is 11.6 Å². The van der Waals surface area contributed by atoms with Crippen molar-refractivity contribution in [3.05, 3.63) is 58.9 Å². The molecule has 2 aromatic rings. The zero-order chi connectivity index (χ0) is 15.2. The van der Waals surface area contributed by atoms with Gasteiger partial charge in [-0.05, 0) is 48.0 Å². The molecule has 0 bridgehead atoms. The number of amides is 2. The van der Waals surface area contributed by atoms with Crippen molar-refractivity contribution < 1.29 is 9.18 Å². The molecule has 110 valence electrons. The fraction of sp³-hybridized carbons (Fsp3) is 0.133. The van der Waals surface area contributed by atoms with Crippen LogP contribution in [-0.4, -0.2) is 13.1 Å². The third kappa shape index (κ3) is 4.65. The molecule has 4 nitrogen and oxygen atoms in total. The molecule has 21 heavy (non-hydrogen) atoms. The molecule has 0 fully saturated rings. The van der Waals surface area contributed by atoms with Crippen molar-refractivity contribution in [1.82, 2.24) is 5.32 Å². The van der Waals surface area contributed by atoms with Crippen LogP contribution in [0.1, 0.15) is 5.56 Å². The number of halogens is 2. The lowest BCUT2D eigenvalue weighted by atomic mass is 10.2. The maximum absolute atomic E-state index is 13.2. The quantitative estimate of drug-likeness (QED) is 0.804. The van der Waals surface area contributed by atoms with Crippen molar-refractivity contribution in [3.8, 4) is 0 Å². The second kappa shape index (κ2) is 6.95. The minimum Gasteiger partial charge on any atom is -0.381 e. The second-order valence-corrected chi connectivity index (χ2v) is 4.85. The molecule has 2 rings (SSSR count). The van der Waals surface area contributed by atoms with Gasteiger partial charge in [0.1, 0.15) is 5.82 Å². The average Bonchev–Trinajstić information content (AvgIpc) is 2.45. The molecule has 0 saturated carbocycles. The molecule has 0 aliphatic heterocycles. The van der Waals surface area contributed by atoms with E-state index in [1.807, 2.05) is 12.1 Å². The van der Waals surface area contributed by atoms with E-state index in [-0.39, 0.29) is 11.8 Å². The number of nitrogens with one attached hydrogen (secondary N) is 3. The first kappa shape index (κ1) is 15.1. The van der Waals surface area contributed by atoms with E-state index in [9.17, 15) is 9.18 Å². The van der Waals surface area contributed by atoms with Crippen LogP contribution in [-0.2, 0) is 6.54 Å². The number of carbonyl (C=O) groups is 1. The van der Waals surface area contributed by atoms with Gasteiger partial charge in [0.15, 0.2) is 0 Å². The molecule has 0 aromatic heterocycles. The topological polar surface area (TPSA) is 53.2 Å². The Morgan fingerprint density at radius 2 is 1.81 bits per heavy atom. The van der Waals surface area contributed by atoms with Crippen molar-refractivity contribution in [2.24, 2.45) is 0 Å². The van der Waals surface area contributed by atoms with E-state index >= 15 is 0 Å². The highest BCUT2D eigenvalue weighted by Gasteiger charge is 2.01. The minimum absolute atomic E-state index is 0.273. The largest absolute Gasteiger partial charge is 0.381 e. The summed E-state index contributed by atoms with van der Waals surface area (Å²) in [5, 5.41) is 8.66. The van der Waals surface area contributed by atoms with Gasteiger partial charge in [-0.3, -0.25) is 0 Å². The molecule has 0 atom stereocenters. The zero-order valence-electron chi connectivity index (χ0n) is 11.4. The number of carbonyl (C=O) groups excluding carboxylic acids is 1. The van der Waals surface area contributed by atoms with Crippen LogP contribution in [0.2, 0.25) is 5.02 Å². The first-order chi connectivity index (χ1) is 10.1. The van der Waals surface area contributed by atoms with E-state index in [0.717, 1.165) is 11.3 Å². The van der Waals surface area contributed by atoms with Gasteiger partial charge in [-0.2, -0.15) is 0 Å². The third-order valence-corrected chi connectivity index (χ3v) is 3.01. The Labute approximate surface area is 127 Å². The van der Waals surface area contributed by atoms with E-state index < -0.39 is 0 Å². The smallest absolute Gasteiger partial charge is 0.318 e. The SMILES string of the molecule is CNC(=O)Nc1ccc(NCc2cc(F)cc(Cl)c2)cc1. The van der Waals surface area contributed by atoms with Crippen LogP contribution in [0.5, 0.6) is 0 Å². The number of rotatable bonds is 4. The van der Waals surface area contributed by atoms with Gasteiger partial charge < -0.3 is 16.0 Å². The predicted octanol–water partition coefficient (Wildman–Crippen LogP) is 3.84. The Bertz CT molecular complexity index is 611. The van der Waals surface area contributed by atoms with Crippen LogP contribution < -0.4 is 16.0 Å². The molecular formula is C15H15ClFN3O. The summed E-state index contributed by atoms with van der Waals surface area (Å²) in [6, 6.07) is 11.3. The highest BCUT2D eigenvalue weighted by molar-refractivity contribution is 6.30. The highest BCUT2D eigenvalue weighted by atomic mass is 35.5. The van der Waals surface area contributed by atoms with E-state index in [2.05, 4.69) is 16.0 Å². The van der Waals surface area contributed by atoms with Gasteiger partial charge in [-0.1, -0.05) is 11.6 Å². The zero-order valence-corrected chi connectivity index (χ0v) is 12.2. The van der Waals surface area contributed by atoms with E-state index in [0.29, 0.717) is 17.3 Å². The van der Waals surface area contributed by atoms with Crippen LogP contribution in [0, 0.1) is 5.82 Å². The fourth-order valence-corrected chi connectivity index (χ4v) is 2.03. The molecular weight excluding hydrogens is 293 g/mol. The number of anilines is 2. The summed E-state index contributed by atoms with van der Waals surface area (Å²) in [5.74, 6) is -0.357. The van der Waals surface area contributed by atoms with Gasteiger partial charge in [0.25, 0.3) is 0 Å². The lowest BCUT2D eigenvalue weighted by Crippen LogP contribution is -2.24. The normalized spacial score (nSPS) is 10.0. The lowest BCUT2D eigenvalue weighted by molar-refractivity contribution is 0.254. The molecule has 0 aliphatic rings. The van der Waals surface area contributed by atoms with Crippen LogP contribution in [0.25, 0.3) is 0 Å². The van der Waals surface area contributed by atoms with Crippen LogP contribution in [0.15, 0.2) is 42.5 Å². The second-order valence-electron chi connectivity index (χ2n) is 4.41. The fourth-order valence-electron chi connectivity index (χ4n) is 1.78. The van der Waals surface area contributed by atoms with Crippen molar-refractivity contribution in [2.45, 2.75) is 6.54 Å². The van der Waals surface area contributed by atoms with Crippen LogP contribution in [0.3, 0.4) is 0 Å². The number of hydrogen-bond acceptors (Lipinski definition) is 2. The Morgan fingerprint density at radius 1 is 1.14 bits per heavy atom. The molecule has 2 aromatic carbocycles. The maximum Gasteiger partial charge on any atom is 0.318 e. The van der Waals surface area contributed by atoms with Gasteiger partial charge in [-0.15, -0.1) is 0 Å². The number of hydrogen-bond donors (Lipinski definition) is 3. The summed E-state index contributed by atoms with van der Waals surface area (Å²) < 4.78 is 13.2. The van der Waals surface area contributed by atoms with Gasteiger partial charge in [0.2, 0.25) is 0 Å². The molecule has 0 aliphatic carbocycles. The van der Waals surface area contributed by atoms with E-state index in [4.69, 9.17) is 11.6 Å². The molecule has 0 unspecified atom stereocenters. The molecule has 6 heteroatoms. The first-order valence-electron chi connectivity index (χ1n) is 6.34. The van der Waals surface area contributed by atoms with Crippen molar-refractivity contribution in [3.63, 3.8) is 0 Å². The summed E-state index contributed by atoms with van der Waals surface area (Å²) in [7, 11) is 1.55. The molecule has 0 spiro atoms. The van der Waals surface area contributed by atoms with Crippen molar-refractivity contribution in [1.29, 1.82) is 0 Å². The Morgan fingerprint density at radius 3 is 2.43 bits per heavy atom. The molecule has 3 N–H and O–H groups in total. The summed E-state index contributed by atoms with van der Waals surface area (Å²) in [5.41, 5.74) is 2.30. The minimum atomic E-state index is -0.357. The summed E-state index contributed by atoms with van der Waals surface area (Å²) in [4.78, 5) is 11.2. The maximum atomic E-state index is 13.2. The highest BCUT2D eigenvalue weighted by Crippen LogP contribution is 2.17. The van der Waals surface area contributed by atoms with Gasteiger partial charge in [0, 0.05) is 30.0 Å². The standard InChI is InChI=1S/C15H15ClFN3O/c1-18-15(21)20-14-4-2-13(3-5-14)19-9-10-6-11(16)8-12(17)7-10/h2-8,19H,9H2,1H3,(H2,18,20,21). The van der Waals surface area contributed by atoms with Gasteiger partial charge >= 0.3 is 6.03 Å². The Kier molecular flexibility index (Phi) is 5.00. The first-order valence-corrected chi connectivity index (χ1v) is 6.72. The Balaban J connectivity index is 1.95. The molecule has 0 saturated heterocycles. The van der Waals surface area contributed by atoms with Crippen molar-refractivity contribution >= 4 is 29.0 Å². The number of benzene rings is 2. The summed E-state index contributed by atoms with van der Waals surface area (Å²) >= 11 is 5.80. The third-order valence-electron chi connectivity index (χ3n) is 2.79. The molecule has 0 radical (unpaired) electrons. The molecule has 0 heterocycles. The average molecular weight is 308 g/mol. The molecule has 2 amide bonds. The van der Waals surface area contributed by atoms with Crippen molar-refractivity contribution in [2.75, 3.05) is 17.7 Å². The predicted molar refractivity (Wildman–Crippen MR) is 83.3 cm³/mol. The number of urea groups is 1. The summed E-state index contributed by atoms with van der Waals surface area (Å²) in [6.07, 6.45) is 0. The Hall–Kier alpha value is -2.27. The monoisotopic (exact) mass is 307 g/mol. The van der Waals surface area contributed by atoms with Crippen LogP contribution in [0.4, 0.5) is 20.6 Å². The van der Waals surface area contributed by atoms with Gasteiger partial charge in [0.05, 0.1) is 0 Å². The summed E-state index contributed by atoms with van der Waals surface area (Å²) in [6.45, 7) is 0.458. The van der Waals surface area contributed by atoms with Gasteiger partial charge in [-0.25, -0.2) is 9.18 Å².